The van der Waals surface area contributed by atoms with E-state index in [1.807, 2.05) is 0 Å². The minimum Gasteiger partial charge on any atom is -0.383 e. The van der Waals surface area contributed by atoms with Crippen molar-refractivity contribution in [1.29, 1.82) is 0 Å². The van der Waals surface area contributed by atoms with Gasteiger partial charge in [0.05, 0.1) is 12.7 Å². The van der Waals surface area contributed by atoms with Gasteiger partial charge >= 0.3 is 0 Å². The summed E-state index contributed by atoms with van der Waals surface area (Å²) in [7, 11) is 1.74. The van der Waals surface area contributed by atoms with Crippen LogP contribution in [0.4, 0.5) is 0 Å². The number of hydrogen-bond donors (Lipinski definition) is 1. The van der Waals surface area contributed by atoms with Gasteiger partial charge in [0.25, 0.3) is 0 Å². The summed E-state index contributed by atoms with van der Waals surface area (Å²) in [6, 6.07) is 10.7. The maximum absolute atomic E-state index is 6.00. The van der Waals surface area contributed by atoms with Crippen LogP contribution < -0.4 is 5.32 Å². The highest BCUT2D eigenvalue weighted by Crippen LogP contribution is 2.24. The van der Waals surface area contributed by atoms with Gasteiger partial charge in [0.1, 0.15) is 0 Å². The number of aryl methyl sites for hydroxylation is 1. The third-order valence-electron chi connectivity index (χ3n) is 4.03. The Bertz CT molecular complexity index is 355. The average molecular weight is 277 g/mol. The molecule has 1 N–H and O–H groups in total. The Morgan fingerprint density at radius 1 is 1.30 bits per heavy atom. The molecule has 0 amide bonds. The second kappa shape index (κ2) is 9.11. The third kappa shape index (κ3) is 5.23. The Hall–Kier alpha value is -0.900. The molecule has 1 saturated heterocycles. The van der Waals surface area contributed by atoms with Gasteiger partial charge in [-0.25, -0.2) is 0 Å². The monoisotopic (exact) mass is 277 g/mol. The Labute approximate surface area is 122 Å². The molecule has 1 heterocycles. The number of nitrogens with one attached hydrogen (secondary N) is 1. The number of ether oxygens (including phenoxy) is 2. The van der Waals surface area contributed by atoms with Crippen LogP contribution in [0.3, 0.4) is 0 Å². The fourth-order valence-electron chi connectivity index (χ4n) is 2.87. The summed E-state index contributed by atoms with van der Waals surface area (Å²) in [5.41, 5.74) is 1.41. The fraction of sp³-hybridized carbons (Fsp3) is 0.647. The zero-order valence-corrected chi connectivity index (χ0v) is 12.5. The van der Waals surface area contributed by atoms with Gasteiger partial charge in [0.2, 0.25) is 0 Å². The summed E-state index contributed by atoms with van der Waals surface area (Å²) in [4.78, 5) is 0. The summed E-state index contributed by atoms with van der Waals surface area (Å²) in [5, 5.41) is 3.48. The van der Waals surface area contributed by atoms with Crippen LogP contribution in [-0.2, 0) is 15.9 Å². The first-order valence-electron chi connectivity index (χ1n) is 7.75. The van der Waals surface area contributed by atoms with E-state index in [0.717, 1.165) is 39.1 Å². The van der Waals surface area contributed by atoms with Gasteiger partial charge in [-0.1, -0.05) is 30.3 Å². The lowest BCUT2D eigenvalue weighted by atomic mass is 9.90. The summed E-state index contributed by atoms with van der Waals surface area (Å²) >= 11 is 0. The third-order valence-corrected chi connectivity index (χ3v) is 4.03. The van der Waals surface area contributed by atoms with Crippen LogP contribution in [0.15, 0.2) is 30.3 Å². The molecule has 112 valence electrons. The maximum Gasteiger partial charge on any atom is 0.0618 e. The van der Waals surface area contributed by atoms with Crippen LogP contribution in [-0.4, -0.2) is 39.5 Å². The zero-order valence-electron chi connectivity index (χ0n) is 12.5. The zero-order chi connectivity index (χ0) is 14.0. The molecule has 2 atom stereocenters. The highest BCUT2D eigenvalue weighted by Gasteiger charge is 2.25. The molecule has 0 spiro atoms. The Kier molecular flexibility index (Phi) is 7.06. The molecule has 3 heteroatoms. The minimum absolute atomic E-state index is 0.402. The molecule has 1 fully saturated rings. The van der Waals surface area contributed by atoms with Crippen LogP contribution >= 0.6 is 0 Å². The van der Waals surface area contributed by atoms with Crippen molar-refractivity contribution in [2.24, 2.45) is 5.92 Å². The van der Waals surface area contributed by atoms with Gasteiger partial charge in [-0.15, -0.1) is 0 Å². The molecule has 1 aromatic rings. The summed E-state index contributed by atoms with van der Waals surface area (Å²) < 4.78 is 11.1. The summed E-state index contributed by atoms with van der Waals surface area (Å²) in [5.74, 6) is 0.643. The molecule has 3 nitrogen and oxygen atoms in total. The van der Waals surface area contributed by atoms with Crippen molar-refractivity contribution in [1.82, 2.24) is 5.32 Å². The van der Waals surface area contributed by atoms with E-state index in [9.17, 15) is 0 Å². The van der Waals surface area contributed by atoms with Gasteiger partial charge in [-0.3, -0.25) is 0 Å². The van der Waals surface area contributed by atoms with Crippen molar-refractivity contribution in [3.8, 4) is 0 Å². The largest absolute Gasteiger partial charge is 0.383 e. The van der Waals surface area contributed by atoms with Crippen LogP contribution in [0.2, 0.25) is 0 Å². The highest BCUT2D eigenvalue weighted by molar-refractivity contribution is 5.14. The first kappa shape index (κ1) is 15.5. The number of hydrogen-bond acceptors (Lipinski definition) is 3. The number of benzene rings is 1. The van der Waals surface area contributed by atoms with E-state index in [2.05, 4.69) is 35.6 Å². The maximum atomic E-state index is 6.00. The van der Waals surface area contributed by atoms with E-state index in [1.165, 1.54) is 18.4 Å². The lowest BCUT2D eigenvalue weighted by Gasteiger charge is -2.32. The molecular formula is C17H27NO2. The van der Waals surface area contributed by atoms with Crippen LogP contribution in [0.5, 0.6) is 0 Å². The van der Waals surface area contributed by atoms with E-state index in [-0.39, 0.29) is 0 Å². The Morgan fingerprint density at radius 3 is 2.95 bits per heavy atom. The highest BCUT2D eigenvalue weighted by atomic mass is 16.5. The molecule has 2 rings (SSSR count). The predicted octanol–water partition coefficient (Wildman–Crippen LogP) is 2.65. The molecule has 1 aliphatic rings. The minimum atomic E-state index is 0.402. The van der Waals surface area contributed by atoms with Crippen LogP contribution in [0.25, 0.3) is 0 Å². The lowest BCUT2D eigenvalue weighted by molar-refractivity contribution is -0.0301. The van der Waals surface area contributed by atoms with Gasteiger partial charge in [0.15, 0.2) is 0 Å². The SMILES string of the molecule is COCCNCC1CCCOC1CCc1ccccc1. The number of methoxy groups -OCH3 is 1. The second-order valence-corrected chi connectivity index (χ2v) is 5.53. The van der Waals surface area contributed by atoms with E-state index >= 15 is 0 Å². The van der Waals surface area contributed by atoms with Gasteiger partial charge in [-0.05, 0) is 37.2 Å². The van der Waals surface area contributed by atoms with Crippen molar-refractivity contribution < 1.29 is 9.47 Å². The molecule has 1 aliphatic heterocycles. The molecule has 2 unspecified atom stereocenters. The summed E-state index contributed by atoms with van der Waals surface area (Å²) in [6.07, 6.45) is 5.11. The molecule has 0 saturated carbocycles. The molecule has 0 aromatic heterocycles. The Morgan fingerprint density at radius 2 is 2.15 bits per heavy atom. The van der Waals surface area contributed by atoms with Crippen molar-refractivity contribution >= 4 is 0 Å². The lowest BCUT2D eigenvalue weighted by Crippen LogP contribution is -2.38. The van der Waals surface area contributed by atoms with E-state index in [4.69, 9.17) is 9.47 Å². The molecule has 1 aromatic carbocycles. The fourth-order valence-corrected chi connectivity index (χ4v) is 2.87. The van der Waals surface area contributed by atoms with Gasteiger partial charge in [-0.2, -0.15) is 0 Å². The second-order valence-electron chi connectivity index (χ2n) is 5.53. The van der Waals surface area contributed by atoms with Gasteiger partial charge < -0.3 is 14.8 Å². The van der Waals surface area contributed by atoms with Crippen molar-refractivity contribution in [2.45, 2.75) is 31.8 Å². The van der Waals surface area contributed by atoms with E-state index in [0.29, 0.717) is 12.0 Å². The van der Waals surface area contributed by atoms with Crippen molar-refractivity contribution in [3.63, 3.8) is 0 Å². The van der Waals surface area contributed by atoms with Crippen LogP contribution in [0.1, 0.15) is 24.8 Å². The standard InChI is InChI=1S/C17H27NO2/c1-19-13-11-18-14-16-8-5-12-20-17(16)10-9-15-6-3-2-4-7-15/h2-4,6-7,16-18H,5,8-14H2,1H3. The van der Waals surface area contributed by atoms with Gasteiger partial charge in [0, 0.05) is 26.8 Å². The Balaban J connectivity index is 1.74. The first-order valence-corrected chi connectivity index (χ1v) is 7.75. The average Bonchev–Trinajstić information content (AvgIpc) is 2.51. The smallest absolute Gasteiger partial charge is 0.0618 e. The molecule has 0 radical (unpaired) electrons. The number of rotatable bonds is 8. The molecule has 0 aliphatic carbocycles. The van der Waals surface area contributed by atoms with Crippen LogP contribution in [0, 0.1) is 5.92 Å². The van der Waals surface area contributed by atoms with Crippen molar-refractivity contribution in [2.75, 3.05) is 33.4 Å². The summed E-state index contributed by atoms with van der Waals surface area (Å²) in [6.45, 7) is 3.68. The predicted molar refractivity (Wildman–Crippen MR) is 82.0 cm³/mol. The topological polar surface area (TPSA) is 30.5 Å². The normalized spacial score (nSPS) is 22.9. The van der Waals surface area contributed by atoms with Crippen molar-refractivity contribution in [3.05, 3.63) is 35.9 Å². The van der Waals surface area contributed by atoms with E-state index < -0.39 is 0 Å². The molecule has 0 bridgehead atoms. The molecule has 20 heavy (non-hydrogen) atoms. The van der Waals surface area contributed by atoms with E-state index in [1.54, 1.807) is 7.11 Å². The molecular weight excluding hydrogens is 250 g/mol. The first-order chi connectivity index (χ1) is 9.90. The quantitative estimate of drug-likeness (QED) is 0.741.